The van der Waals surface area contributed by atoms with E-state index in [0.717, 1.165) is 24.3 Å². The van der Waals surface area contributed by atoms with Crippen molar-refractivity contribution in [3.8, 4) is 0 Å². The Balaban J connectivity index is 1.48. The number of nitrogens with one attached hydrogen (secondary N) is 1. The minimum absolute atomic E-state index is 0.141. The van der Waals surface area contributed by atoms with Crippen LogP contribution in [0.1, 0.15) is 37.7 Å². The van der Waals surface area contributed by atoms with Gasteiger partial charge in [0.05, 0.1) is 0 Å². The fourth-order valence-corrected chi connectivity index (χ4v) is 4.97. The molecule has 4 aliphatic rings. The molecule has 0 spiro atoms. The predicted octanol–water partition coefficient (Wildman–Crippen LogP) is 3.49. The number of hydrogen-bond acceptors (Lipinski definition) is 1. The molecule has 4 bridgehead atoms. The number of hydrogen-bond donors (Lipinski definition) is 1. The maximum Gasteiger partial charge on any atom is 0.123 e. The van der Waals surface area contributed by atoms with Crippen LogP contribution in [-0.2, 0) is 6.54 Å². The van der Waals surface area contributed by atoms with Crippen molar-refractivity contribution in [2.45, 2.75) is 44.2 Å². The summed E-state index contributed by atoms with van der Waals surface area (Å²) < 4.78 is 12.9. The fourth-order valence-electron chi connectivity index (χ4n) is 4.97. The van der Waals surface area contributed by atoms with Crippen LogP contribution >= 0.6 is 0 Å². The van der Waals surface area contributed by atoms with Gasteiger partial charge in [-0.1, -0.05) is 12.1 Å². The molecule has 0 radical (unpaired) electrons. The third kappa shape index (κ3) is 1.62. The van der Waals surface area contributed by atoms with Crippen molar-refractivity contribution >= 4 is 0 Å². The van der Waals surface area contributed by atoms with Crippen molar-refractivity contribution in [1.29, 1.82) is 0 Å². The first kappa shape index (κ1) is 11.0. The van der Waals surface area contributed by atoms with Crippen LogP contribution in [0.2, 0.25) is 0 Å². The fraction of sp³-hybridized carbons (Fsp3) is 0.625. The molecular weight excluding hydrogens is 225 g/mol. The zero-order valence-electron chi connectivity index (χ0n) is 10.7. The lowest BCUT2D eigenvalue weighted by molar-refractivity contribution is 0.233. The normalized spacial score (nSPS) is 40.6. The van der Waals surface area contributed by atoms with Gasteiger partial charge in [-0.3, -0.25) is 0 Å². The monoisotopic (exact) mass is 245 g/mol. The topological polar surface area (TPSA) is 12.0 Å². The summed E-state index contributed by atoms with van der Waals surface area (Å²) in [5.41, 5.74) is 1.64. The molecule has 18 heavy (non-hydrogen) atoms. The van der Waals surface area contributed by atoms with E-state index < -0.39 is 0 Å². The maximum atomic E-state index is 12.9. The minimum Gasteiger partial charge on any atom is -0.307 e. The second-order valence-electron chi connectivity index (χ2n) is 6.68. The Hall–Kier alpha value is -0.890. The Bertz CT molecular complexity index is 439. The van der Waals surface area contributed by atoms with Crippen molar-refractivity contribution < 1.29 is 4.39 Å². The van der Waals surface area contributed by atoms with Crippen LogP contribution in [0.5, 0.6) is 0 Å². The smallest absolute Gasteiger partial charge is 0.123 e. The molecule has 1 N–H and O–H groups in total. The molecule has 0 aliphatic heterocycles. The third-order valence-electron chi connectivity index (χ3n) is 5.55. The van der Waals surface area contributed by atoms with Gasteiger partial charge in [0, 0.05) is 12.1 Å². The van der Waals surface area contributed by atoms with Gasteiger partial charge in [-0.2, -0.15) is 0 Å². The van der Waals surface area contributed by atoms with E-state index in [2.05, 4.69) is 5.32 Å². The standard InChI is InChI=1S/C16H20FN/c17-15-3-1-11(2-4-15)10-18-16-8-12-5-13(9-16)7-14(16)6-12/h1-4,12-14,18H,5-10H2. The highest BCUT2D eigenvalue weighted by molar-refractivity contribution is 5.18. The first-order chi connectivity index (χ1) is 8.73. The highest BCUT2D eigenvalue weighted by Crippen LogP contribution is 2.60. The van der Waals surface area contributed by atoms with Crippen LogP contribution in [0, 0.1) is 23.6 Å². The third-order valence-corrected chi connectivity index (χ3v) is 5.55. The van der Waals surface area contributed by atoms with E-state index in [0.29, 0.717) is 5.54 Å². The van der Waals surface area contributed by atoms with E-state index in [1.807, 2.05) is 12.1 Å². The Morgan fingerprint density at radius 3 is 2.39 bits per heavy atom. The second kappa shape index (κ2) is 3.80. The van der Waals surface area contributed by atoms with Crippen LogP contribution < -0.4 is 5.32 Å². The van der Waals surface area contributed by atoms with Gasteiger partial charge in [0.25, 0.3) is 0 Å². The molecule has 0 aromatic heterocycles. The second-order valence-corrected chi connectivity index (χ2v) is 6.68. The number of benzene rings is 1. The SMILES string of the molecule is Fc1ccc(CNC23CC4CC(CC2C4)C3)cc1. The molecule has 0 heterocycles. The van der Waals surface area contributed by atoms with Gasteiger partial charge in [-0.15, -0.1) is 0 Å². The average molecular weight is 245 g/mol. The highest BCUT2D eigenvalue weighted by atomic mass is 19.1. The molecule has 4 aliphatic carbocycles. The van der Waals surface area contributed by atoms with Gasteiger partial charge < -0.3 is 5.32 Å². The van der Waals surface area contributed by atoms with Crippen LogP contribution in [-0.4, -0.2) is 5.54 Å². The molecule has 1 aromatic carbocycles. The molecule has 0 saturated heterocycles. The van der Waals surface area contributed by atoms with Gasteiger partial charge in [0.2, 0.25) is 0 Å². The van der Waals surface area contributed by atoms with Gasteiger partial charge >= 0.3 is 0 Å². The first-order valence-electron chi connectivity index (χ1n) is 7.23. The first-order valence-corrected chi connectivity index (χ1v) is 7.23. The van der Waals surface area contributed by atoms with Gasteiger partial charge in [0.1, 0.15) is 5.82 Å². The zero-order chi connectivity index (χ0) is 12.2. The summed E-state index contributed by atoms with van der Waals surface area (Å²) in [4.78, 5) is 0. The molecule has 1 aromatic rings. The van der Waals surface area contributed by atoms with Crippen molar-refractivity contribution in [3.63, 3.8) is 0 Å². The predicted molar refractivity (Wildman–Crippen MR) is 69.5 cm³/mol. The Morgan fingerprint density at radius 1 is 1.06 bits per heavy atom. The van der Waals surface area contributed by atoms with E-state index in [1.165, 1.54) is 37.7 Å². The molecule has 2 heteroatoms. The van der Waals surface area contributed by atoms with Crippen LogP contribution in [0.3, 0.4) is 0 Å². The van der Waals surface area contributed by atoms with Gasteiger partial charge in [-0.25, -0.2) is 4.39 Å². The minimum atomic E-state index is -0.141. The Labute approximate surface area is 108 Å². The Morgan fingerprint density at radius 2 is 1.72 bits per heavy atom. The maximum absolute atomic E-state index is 12.9. The number of rotatable bonds is 3. The zero-order valence-corrected chi connectivity index (χ0v) is 10.7. The summed E-state index contributed by atoms with van der Waals surface area (Å²) in [5.74, 6) is 2.76. The quantitative estimate of drug-likeness (QED) is 0.859. The van der Waals surface area contributed by atoms with Crippen LogP contribution in [0.4, 0.5) is 4.39 Å². The van der Waals surface area contributed by atoms with Crippen molar-refractivity contribution in [1.82, 2.24) is 5.32 Å². The van der Waals surface area contributed by atoms with E-state index in [4.69, 9.17) is 0 Å². The molecule has 1 nitrogen and oxygen atoms in total. The summed E-state index contributed by atoms with van der Waals surface area (Å²) in [6.45, 7) is 0.899. The number of halogens is 1. The molecule has 2 atom stereocenters. The summed E-state index contributed by atoms with van der Waals surface area (Å²) in [6, 6.07) is 6.93. The molecule has 0 amide bonds. The summed E-state index contributed by atoms with van der Waals surface area (Å²) >= 11 is 0. The van der Waals surface area contributed by atoms with E-state index in [-0.39, 0.29) is 5.82 Å². The average Bonchev–Trinajstić information content (AvgIpc) is 2.74. The molecule has 96 valence electrons. The molecule has 4 saturated carbocycles. The summed E-state index contributed by atoms with van der Waals surface area (Å²) in [6.07, 6.45) is 7.15. The largest absolute Gasteiger partial charge is 0.307 e. The molecule has 5 rings (SSSR count). The lowest BCUT2D eigenvalue weighted by Crippen LogP contribution is -2.45. The highest BCUT2D eigenvalue weighted by Gasteiger charge is 2.57. The van der Waals surface area contributed by atoms with E-state index in [9.17, 15) is 4.39 Å². The van der Waals surface area contributed by atoms with Crippen molar-refractivity contribution in [3.05, 3.63) is 35.6 Å². The van der Waals surface area contributed by atoms with E-state index >= 15 is 0 Å². The van der Waals surface area contributed by atoms with Gasteiger partial charge in [-0.05, 0) is 67.6 Å². The molecule has 4 fully saturated rings. The summed E-state index contributed by atoms with van der Waals surface area (Å²) in [5, 5.41) is 3.83. The van der Waals surface area contributed by atoms with E-state index in [1.54, 1.807) is 12.1 Å². The van der Waals surface area contributed by atoms with Gasteiger partial charge in [0.15, 0.2) is 0 Å². The lowest BCUT2D eigenvalue weighted by atomic mass is 9.80. The van der Waals surface area contributed by atoms with Crippen molar-refractivity contribution in [2.24, 2.45) is 17.8 Å². The van der Waals surface area contributed by atoms with Crippen LogP contribution in [0.15, 0.2) is 24.3 Å². The van der Waals surface area contributed by atoms with Crippen molar-refractivity contribution in [2.75, 3.05) is 0 Å². The lowest BCUT2D eigenvalue weighted by Gasteiger charge is -2.34. The molecular formula is C16H20FN. The molecule has 2 unspecified atom stereocenters. The summed E-state index contributed by atoms with van der Waals surface area (Å²) in [7, 11) is 0. The van der Waals surface area contributed by atoms with Crippen LogP contribution in [0.25, 0.3) is 0 Å². The Kier molecular flexibility index (Phi) is 2.32.